The summed E-state index contributed by atoms with van der Waals surface area (Å²) < 4.78 is 45.8. The van der Waals surface area contributed by atoms with Gasteiger partial charge in [0.2, 0.25) is 10.0 Å². The van der Waals surface area contributed by atoms with Crippen molar-refractivity contribution < 1.29 is 32.2 Å². The second-order valence-corrected chi connectivity index (χ2v) is 11.3. The fraction of sp³-hybridized carbons (Fsp3) is 0.375. The Kier molecular flexibility index (Phi) is 7.59. The molecule has 3 aromatic rings. The summed E-state index contributed by atoms with van der Waals surface area (Å²) in [7, 11) is -0.932. The Hall–Kier alpha value is -3.06. The Labute approximate surface area is 212 Å². The highest BCUT2D eigenvalue weighted by Crippen LogP contribution is 2.27. The fourth-order valence-corrected chi connectivity index (χ4v) is 6.72. The van der Waals surface area contributed by atoms with Gasteiger partial charge in [0, 0.05) is 18.7 Å². The molecule has 0 saturated carbocycles. The maximum Gasteiger partial charge on any atom is 0.325 e. The molecule has 1 fully saturated rings. The number of fused-ring (bicyclic) bond motifs is 1. The van der Waals surface area contributed by atoms with E-state index in [1.165, 1.54) is 54.1 Å². The second kappa shape index (κ2) is 10.5. The van der Waals surface area contributed by atoms with Crippen molar-refractivity contribution in [2.45, 2.75) is 37.5 Å². The summed E-state index contributed by atoms with van der Waals surface area (Å²) in [6, 6.07) is 11.1. The van der Waals surface area contributed by atoms with Crippen LogP contribution in [0.1, 0.15) is 24.2 Å². The third kappa shape index (κ3) is 5.21. The lowest BCUT2D eigenvalue weighted by Crippen LogP contribution is -2.48. The number of nitrogens with zero attached hydrogens (tertiary/aromatic N) is 3. The van der Waals surface area contributed by atoms with E-state index in [4.69, 9.17) is 14.2 Å². The predicted octanol–water partition coefficient (Wildman–Crippen LogP) is 2.42. The topological polar surface area (TPSA) is 117 Å². The second-order valence-electron chi connectivity index (χ2n) is 8.37. The molecule has 10 nitrogen and oxygen atoms in total. The largest absolute Gasteiger partial charge is 0.495 e. The van der Waals surface area contributed by atoms with Gasteiger partial charge in [-0.1, -0.05) is 17.4 Å². The van der Waals surface area contributed by atoms with Gasteiger partial charge in [0.25, 0.3) is 5.91 Å². The molecule has 1 saturated heterocycles. The monoisotopic (exact) mass is 533 g/mol. The normalized spacial score (nSPS) is 19.4. The van der Waals surface area contributed by atoms with Gasteiger partial charge >= 0.3 is 5.97 Å². The van der Waals surface area contributed by atoms with Gasteiger partial charge in [-0.25, -0.2) is 8.42 Å². The van der Waals surface area contributed by atoms with Crippen molar-refractivity contribution in [2.75, 3.05) is 27.3 Å². The zero-order valence-corrected chi connectivity index (χ0v) is 22.0. The van der Waals surface area contributed by atoms with Crippen LogP contribution < -0.4 is 9.54 Å². The van der Waals surface area contributed by atoms with Crippen LogP contribution in [0.2, 0.25) is 0 Å². The Morgan fingerprint density at radius 2 is 1.75 bits per heavy atom. The molecule has 2 heterocycles. The molecule has 192 valence electrons. The van der Waals surface area contributed by atoms with Crippen LogP contribution in [0.25, 0.3) is 10.2 Å². The summed E-state index contributed by atoms with van der Waals surface area (Å²) in [4.78, 5) is 29.7. The number of hydrogen-bond acceptors (Lipinski definition) is 8. The number of carbonyl (C=O) groups is 2. The van der Waals surface area contributed by atoms with Crippen molar-refractivity contribution in [3.05, 3.63) is 52.8 Å². The minimum absolute atomic E-state index is 0.0905. The number of hydrogen-bond donors (Lipinski definition) is 0. The van der Waals surface area contributed by atoms with Gasteiger partial charge in [0.05, 0.1) is 36.0 Å². The van der Waals surface area contributed by atoms with Gasteiger partial charge in [-0.3, -0.25) is 9.59 Å². The van der Waals surface area contributed by atoms with Gasteiger partial charge in [-0.2, -0.15) is 9.30 Å². The average molecular weight is 534 g/mol. The highest BCUT2D eigenvalue weighted by atomic mass is 32.2. The molecule has 36 heavy (non-hydrogen) atoms. The van der Waals surface area contributed by atoms with Gasteiger partial charge < -0.3 is 18.8 Å². The number of ether oxygens (including phenoxy) is 3. The summed E-state index contributed by atoms with van der Waals surface area (Å²) in [6.07, 6.45) is -0.417. The SMILES string of the molecule is COC(=O)Cn1c(=NC(=O)c2ccc(S(=O)(=O)N3CC(C)OC(C)C3)cc2)sc2cccc(OC)c21. The molecule has 2 aromatic carbocycles. The fourth-order valence-electron chi connectivity index (χ4n) is 4.08. The summed E-state index contributed by atoms with van der Waals surface area (Å²) >= 11 is 1.23. The van der Waals surface area contributed by atoms with Gasteiger partial charge in [-0.05, 0) is 50.2 Å². The average Bonchev–Trinajstić information content (AvgIpc) is 3.20. The first-order valence-corrected chi connectivity index (χ1v) is 13.5. The molecule has 1 aliphatic rings. The van der Waals surface area contributed by atoms with Gasteiger partial charge in [0.1, 0.15) is 17.8 Å². The first-order valence-electron chi connectivity index (χ1n) is 11.2. The van der Waals surface area contributed by atoms with E-state index in [1.54, 1.807) is 16.7 Å². The predicted molar refractivity (Wildman–Crippen MR) is 133 cm³/mol. The van der Waals surface area contributed by atoms with Crippen molar-refractivity contribution in [3.8, 4) is 5.75 Å². The van der Waals surface area contributed by atoms with Crippen molar-refractivity contribution >= 4 is 43.5 Å². The van der Waals surface area contributed by atoms with E-state index in [-0.39, 0.29) is 47.1 Å². The van der Waals surface area contributed by atoms with E-state index in [0.717, 1.165) is 4.70 Å². The Balaban J connectivity index is 1.67. The molecule has 4 rings (SSSR count). The summed E-state index contributed by atoms with van der Waals surface area (Å²) in [5.74, 6) is -0.546. The van der Waals surface area contributed by atoms with Crippen LogP contribution in [0.3, 0.4) is 0 Å². The smallest absolute Gasteiger partial charge is 0.325 e. The number of methoxy groups -OCH3 is 2. The van der Waals surface area contributed by atoms with E-state index in [2.05, 4.69) is 4.99 Å². The lowest BCUT2D eigenvalue weighted by molar-refractivity contribution is -0.141. The van der Waals surface area contributed by atoms with Crippen molar-refractivity contribution in [1.29, 1.82) is 0 Å². The zero-order chi connectivity index (χ0) is 26.0. The van der Waals surface area contributed by atoms with E-state index in [9.17, 15) is 18.0 Å². The van der Waals surface area contributed by atoms with Gasteiger partial charge in [0.15, 0.2) is 4.80 Å². The Bertz CT molecular complexity index is 1450. The van der Waals surface area contributed by atoms with Crippen LogP contribution in [0.5, 0.6) is 5.75 Å². The number of carbonyl (C=O) groups excluding carboxylic acids is 2. The number of esters is 1. The minimum atomic E-state index is -3.73. The molecule has 1 aliphatic heterocycles. The van der Waals surface area contributed by atoms with Crippen LogP contribution >= 0.6 is 11.3 Å². The molecule has 1 aromatic heterocycles. The molecular weight excluding hydrogens is 506 g/mol. The number of aromatic nitrogens is 1. The molecule has 0 N–H and O–H groups in total. The van der Waals surface area contributed by atoms with E-state index in [0.29, 0.717) is 11.3 Å². The van der Waals surface area contributed by atoms with E-state index < -0.39 is 21.9 Å². The standard InChI is InChI=1S/C24H27N3O7S2/c1-15-12-26(13-16(2)34-15)36(30,31)18-10-8-17(9-11-18)23(29)25-24-27(14-21(28)33-4)22-19(32-3)6-5-7-20(22)35-24/h5-11,15-16H,12-14H2,1-4H3. The maximum absolute atomic E-state index is 13.1. The molecule has 0 bridgehead atoms. The van der Waals surface area contributed by atoms with Crippen molar-refractivity contribution in [3.63, 3.8) is 0 Å². The van der Waals surface area contributed by atoms with Crippen LogP contribution in [-0.2, 0) is 30.8 Å². The molecular formula is C24H27N3O7S2. The molecule has 1 amide bonds. The van der Waals surface area contributed by atoms with Crippen molar-refractivity contribution in [2.24, 2.45) is 4.99 Å². The molecule has 2 atom stereocenters. The van der Waals surface area contributed by atoms with E-state index >= 15 is 0 Å². The van der Waals surface area contributed by atoms with E-state index in [1.807, 2.05) is 19.9 Å². The number of morpholine rings is 1. The number of sulfonamides is 1. The third-order valence-corrected chi connectivity index (χ3v) is 8.61. The zero-order valence-electron chi connectivity index (χ0n) is 20.3. The number of rotatable bonds is 6. The number of thiazole rings is 1. The third-order valence-electron chi connectivity index (χ3n) is 5.72. The first kappa shape index (κ1) is 26.0. The molecule has 0 radical (unpaired) electrons. The number of benzene rings is 2. The summed E-state index contributed by atoms with van der Waals surface area (Å²) in [5, 5.41) is 0. The van der Waals surface area contributed by atoms with Crippen LogP contribution in [0, 0.1) is 0 Å². The maximum atomic E-state index is 13.1. The first-order chi connectivity index (χ1) is 17.1. The van der Waals surface area contributed by atoms with Crippen molar-refractivity contribution in [1.82, 2.24) is 8.87 Å². The van der Waals surface area contributed by atoms with Gasteiger partial charge in [-0.15, -0.1) is 0 Å². The summed E-state index contributed by atoms with van der Waals surface area (Å²) in [5.41, 5.74) is 0.837. The molecule has 0 aliphatic carbocycles. The quantitative estimate of drug-likeness (QED) is 0.447. The van der Waals surface area contributed by atoms with Crippen LogP contribution in [0.4, 0.5) is 0 Å². The summed E-state index contributed by atoms with van der Waals surface area (Å²) in [6.45, 7) is 4.03. The highest BCUT2D eigenvalue weighted by Gasteiger charge is 2.32. The number of para-hydroxylation sites is 1. The highest BCUT2D eigenvalue weighted by molar-refractivity contribution is 7.89. The lowest BCUT2D eigenvalue weighted by Gasteiger charge is -2.34. The molecule has 0 spiro atoms. The molecule has 2 unspecified atom stereocenters. The lowest BCUT2D eigenvalue weighted by atomic mass is 10.2. The Morgan fingerprint density at radius 1 is 1.08 bits per heavy atom. The van der Waals surface area contributed by atoms with Crippen LogP contribution in [0.15, 0.2) is 52.4 Å². The number of amides is 1. The van der Waals surface area contributed by atoms with Crippen LogP contribution in [-0.4, -0.2) is 68.7 Å². The Morgan fingerprint density at radius 3 is 2.36 bits per heavy atom. The minimum Gasteiger partial charge on any atom is -0.495 e. The molecule has 12 heteroatoms.